The first-order valence-corrected chi connectivity index (χ1v) is 8.55. The normalized spacial score (nSPS) is 36.3. The molecule has 134 valence electrons. The SMILES string of the molecule is CC(C(=O)NC(CN)C1CC1)N1C(=O)C2C3CCC(O3)C2C1=O.Cl. The lowest BCUT2D eigenvalue weighted by molar-refractivity contribution is -0.149. The van der Waals surface area contributed by atoms with Crippen molar-refractivity contribution in [1.29, 1.82) is 0 Å². The minimum Gasteiger partial charge on any atom is -0.373 e. The van der Waals surface area contributed by atoms with Crippen molar-refractivity contribution < 1.29 is 19.1 Å². The first-order chi connectivity index (χ1) is 11.0. The maximum atomic E-state index is 12.7. The molecule has 6 atom stereocenters. The van der Waals surface area contributed by atoms with Gasteiger partial charge in [-0.15, -0.1) is 12.4 Å². The molecule has 8 heteroatoms. The van der Waals surface area contributed by atoms with Gasteiger partial charge in [0.25, 0.3) is 0 Å². The Balaban J connectivity index is 0.00000169. The highest BCUT2D eigenvalue weighted by molar-refractivity contribution is 6.09. The van der Waals surface area contributed by atoms with Gasteiger partial charge in [-0.25, -0.2) is 0 Å². The van der Waals surface area contributed by atoms with E-state index in [4.69, 9.17) is 10.5 Å². The lowest BCUT2D eigenvalue weighted by atomic mass is 9.81. The van der Waals surface area contributed by atoms with Crippen molar-refractivity contribution in [3.05, 3.63) is 0 Å². The number of nitrogens with two attached hydrogens (primary N) is 1. The highest BCUT2D eigenvalue weighted by atomic mass is 35.5. The predicted octanol–water partition coefficient (Wildman–Crippen LogP) is -0.187. The summed E-state index contributed by atoms with van der Waals surface area (Å²) in [6.45, 7) is 2.00. The predicted molar refractivity (Wildman–Crippen MR) is 87.1 cm³/mol. The molecule has 0 aromatic rings. The van der Waals surface area contributed by atoms with Gasteiger partial charge in [-0.2, -0.15) is 0 Å². The molecule has 1 saturated carbocycles. The Morgan fingerprint density at radius 2 is 1.75 bits per heavy atom. The summed E-state index contributed by atoms with van der Waals surface area (Å²) in [4.78, 5) is 39.0. The fourth-order valence-electron chi connectivity index (χ4n) is 4.41. The van der Waals surface area contributed by atoms with Crippen molar-refractivity contribution >= 4 is 30.1 Å². The van der Waals surface area contributed by atoms with Crippen LogP contribution in [-0.4, -0.2) is 53.5 Å². The number of rotatable bonds is 5. The first kappa shape index (κ1) is 17.6. The number of hydrogen-bond acceptors (Lipinski definition) is 5. The van der Waals surface area contributed by atoms with Crippen LogP contribution in [0.2, 0.25) is 0 Å². The van der Waals surface area contributed by atoms with Crippen molar-refractivity contribution in [1.82, 2.24) is 10.2 Å². The van der Waals surface area contributed by atoms with Crippen molar-refractivity contribution in [3.8, 4) is 0 Å². The van der Waals surface area contributed by atoms with Gasteiger partial charge in [0.05, 0.1) is 24.0 Å². The van der Waals surface area contributed by atoms with Gasteiger partial charge in [-0.3, -0.25) is 19.3 Å². The van der Waals surface area contributed by atoms with Crippen LogP contribution in [0.4, 0.5) is 0 Å². The average Bonchev–Trinajstić information content (AvgIpc) is 3.08. The summed E-state index contributed by atoms with van der Waals surface area (Å²) in [5, 5.41) is 2.91. The van der Waals surface area contributed by atoms with E-state index in [2.05, 4.69) is 5.32 Å². The molecular weight excluding hydrogens is 334 g/mol. The second-order valence-corrected chi connectivity index (χ2v) is 7.25. The molecule has 0 aromatic carbocycles. The highest BCUT2D eigenvalue weighted by Gasteiger charge is 2.63. The van der Waals surface area contributed by atoms with E-state index in [1.165, 1.54) is 4.90 Å². The molecule has 7 nitrogen and oxygen atoms in total. The van der Waals surface area contributed by atoms with E-state index in [0.29, 0.717) is 12.5 Å². The Hall–Kier alpha value is -1.18. The average molecular weight is 358 g/mol. The number of nitrogens with one attached hydrogen (secondary N) is 1. The maximum absolute atomic E-state index is 12.7. The highest BCUT2D eigenvalue weighted by Crippen LogP contribution is 2.48. The van der Waals surface area contributed by atoms with Crippen LogP contribution in [-0.2, 0) is 19.1 Å². The van der Waals surface area contributed by atoms with E-state index in [1.54, 1.807) is 6.92 Å². The van der Waals surface area contributed by atoms with E-state index in [0.717, 1.165) is 25.7 Å². The standard InChI is InChI=1S/C16H23N3O4.ClH/c1-7(14(20)18-9(6-17)8-2-3-8)19-15(21)12-10-4-5-11(23-10)13(12)16(19)22;/h7-13H,2-6,17H2,1H3,(H,18,20);1H. The number of fused-ring (bicyclic) bond motifs is 5. The second kappa shape index (κ2) is 6.28. The molecule has 3 N–H and O–H groups in total. The third-order valence-corrected chi connectivity index (χ3v) is 5.86. The first-order valence-electron chi connectivity index (χ1n) is 8.55. The third-order valence-electron chi connectivity index (χ3n) is 5.86. The lowest BCUT2D eigenvalue weighted by Gasteiger charge is -2.26. The fourth-order valence-corrected chi connectivity index (χ4v) is 4.41. The maximum Gasteiger partial charge on any atom is 0.243 e. The summed E-state index contributed by atoms with van der Waals surface area (Å²) in [7, 11) is 0. The number of likely N-dealkylation sites (tertiary alicyclic amines) is 1. The second-order valence-electron chi connectivity index (χ2n) is 7.25. The van der Waals surface area contributed by atoms with Gasteiger partial charge in [0, 0.05) is 12.6 Å². The Morgan fingerprint density at radius 1 is 1.21 bits per heavy atom. The molecule has 24 heavy (non-hydrogen) atoms. The summed E-state index contributed by atoms with van der Waals surface area (Å²) in [6.07, 6.45) is 3.51. The molecule has 0 spiro atoms. The van der Waals surface area contributed by atoms with Gasteiger partial charge in [0.1, 0.15) is 6.04 Å². The number of amides is 3. The molecule has 4 rings (SSSR count). The van der Waals surface area contributed by atoms with E-state index in [1.807, 2.05) is 0 Å². The molecule has 3 aliphatic heterocycles. The van der Waals surface area contributed by atoms with E-state index in [9.17, 15) is 14.4 Å². The van der Waals surface area contributed by atoms with E-state index < -0.39 is 6.04 Å². The summed E-state index contributed by atoms with van der Waals surface area (Å²) < 4.78 is 5.70. The smallest absolute Gasteiger partial charge is 0.243 e. The molecule has 2 bridgehead atoms. The summed E-state index contributed by atoms with van der Waals surface area (Å²) in [6, 6.07) is -0.843. The largest absolute Gasteiger partial charge is 0.373 e. The molecule has 0 aromatic heterocycles. The number of hydrogen-bond donors (Lipinski definition) is 2. The molecule has 3 heterocycles. The van der Waals surface area contributed by atoms with Crippen LogP contribution < -0.4 is 11.1 Å². The molecular formula is C16H24ClN3O4. The molecule has 0 radical (unpaired) electrons. The number of halogens is 1. The van der Waals surface area contributed by atoms with E-state index >= 15 is 0 Å². The number of carbonyl (C=O) groups is 3. The quantitative estimate of drug-likeness (QED) is 0.664. The molecule has 1 aliphatic carbocycles. The zero-order valence-electron chi connectivity index (χ0n) is 13.6. The summed E-state index contributed by atoms with van der Waals surface area (Å²) in [5.41, 5.74) is 5.71. The van der Waals surface area contributed by atoms with Crippen LogP contribution in [0, 0.1) is 17.8 Å². The van der Waals surface area contributed by atoms with Crippen LogP contribution >= 0.6 is 12.4 Å². The molecule has 4 aliphatic rings. The van der Waals surface area contributed by atoms with Gasteiger partial charge in [0.2, 0.25) is 17.7 Å². The zero-order valence-corrected chi connectivity index (χ0v) is 14.5. The Kier molecular flexibility index (Phi) is 4.61. The Labute approximate surface area is 147 Å². The van der Waals surface area contributed by atoms with E-state index in [-0.39, 0.29) is 60.2 Å². The van der Waals surface area contributed by atoms with Crippen molar-refractivity contribution in [2.45, 2.75) is 56.9 Å². The molecule has 4 fully saturated rings. The van der Waals surface area contributed by atoms with Gasteiger partial charge in [-0.1, -0.05) is 0 Å². The third kappa shape index (κ3) is 2.53. The van der Waals surface area contributed by atoms with Gasteiger partial charge in [-0.05, 0) is 38.5 Å². The van der Waals surface area contributed by atoms with Crippen LogP contribution in [0.3, 0.4) is 0 Å². The number of carbonyl (C=O) groups excluding carboxylic acids is 3. The Morgan fingerprint density at radius 3 is 2.21 bits per heavy atom. The monoisotopic (exact) mass is 357 g/mol. The number of ether oxygens (including phenoxy) is 1. The molecule has 3 amide bonds. The van der Waals surface area contributed by atoms with Crippen LogP contribution in [0.5, 0.6) is 0 Å². The van der Waals surface area contributed by atoms with Crippen molar-refractivity contribution in [2.24, 2.45) is 23.5 Å². The van der Waals surface area contributed by atoms with Gasteiger partial charge >= 0.3 is 0 Å². The fraction of sp³-hybridized carbons (Fsp3) is 0.812. The van der Waals surface area contributed by atoms with Crippen molar-refractivity contribution in [3.63, 3.8) is 0 Å². The Bertz CT molecular complexity index is 540. The van der Waals surface area contributed by atoms with Crippen LogP contribution in [0.1, 0.15) is 32.6 Å². The topological polar surface area (TPSA) is 102 Å². The lowest BCUT2D eigenvalue weighted by Crippen LogP contribution is -2.53. The zero-order chi connectivity index (χ0) is 16.3. The van der Waals surface area contributed by atoms with Gasteiger partial charge < -0.3 is 15.8 Å². The van der Waals surface area contributed by atoms with Gasteiger partial charge in [0.15, 0.2) is 0 Å². The minimum atomic E-state index is -0.784. The number of nitrogens with zero attached hydrogens (tertiary/aromatic N) is 1. The van der Waals surface area contributed by atoms with Crippen LogP contribution in [0.15, 0.2) is 0 Å². The summed E-state index contributed by atoms with van der Waals surface area (Å²) >= 11 is 0. The molecule has 6 unspecified atom stereocenters. The number of imide groups is 1. The minimum absolute atomic E-state index is 0. The summed E-state index contributed by atoms with van der Waals surface area (Å²) in [5.74, 6) is -1.11. The van der Waals surface area contributed by atoms with Crippen LogP contribution in [0.25, 0.3) is 0 Å². The van der Waals surface area contributed by atoms with Crippen molar-refractivity contribution in [2.75, 3.05) is 6.54 Å². The molecule has 3 saturated heterocycles.